The Bertz CT molecular complexity index is 728. The van der Waals surface area contributed by atoms with Gasteiger partial charge in [-0.2, -0.15) is 0 Å². The molecule has 118 valence electrons. The molecule has 0 saturated heterocycles. The highest BCUT2D eigenvalue weighted by molar-refractivity contribution is 6.32. The predicted molar refractivity (Wildman–Crippen MR) is 95.3 cm³/mol. The molecule has 0 bridgehead atoms. The van der Waals surface area contributed by atoms with Crippen LogP contribution in [-0.2, 0) is 4.79 Å². The molecular formula is C19H17ClFNO. The van der Waals surface area contributed by atoms with Gasteiger partial charge in [0.15, 0.2) is 5.78 Å². The minimum atomic E-state index is -0.454. The van der Waals surface area contributed by atoms with E-state index in [0.717, 1.165) is 11.3 Å². The maximum Gasteiger partial charge on any atom is 0.178 e. The highest BCUT2D eigenvalue weighted by Gasteiger charge is 2.03. The second-order valence-corrected chi connectivity index (χ2v) is 5.60. The number of rotatable bonds is 5. The summed E-state index contributed by atoms with van der Waals surface area (Å²) in [6.45, 7) is 0. The fraction of sp³-hybridized carbons (Fsp3) is 0.105. The summed E-state index contributed by atoms with van der Waals surface area (Å²) in [6.07, 6.45) is 5.85. The Labute approximate surface area is 140 Å². The van der Waals surface area contributed by atoms with Crippen molar-refractivity contribution in [1.29, 1.82) is 0 Å². The van der Waals surface area contributed by atoms with Crippen molar-refractivity contribution in [3.8, 4) is 0 Å². The van der Waals surface area contributed by atoms with Crippen LogP contribution >= 0.6 is 11.6 Å². The molecule has 4 heteroatoms. The van der Waals surface area contributed by atoms with Gasteiger partial charge in [-0.1, -0.05) is 35.9 Å². The monoisotopic (exact) mass is 329 g/mol. The van der Waals surface area contributed by atoms with Gasteiger partial charge in [-0.25, -0.2) is 4.39 Å². The van der Waals surface area contributed by atoms with Crippen molar-refractivity contribution in [2.45, 2.75) is 0 Å². The van der Waals surface area contributed by atoms with Gasteiger partial charge in [-0.05, 0) is 48.1 Å². The molecule has 2 aromatic rings. The summed E-state index contributed by atoms with van der Waals surface area (Å²) in [5.41, 5.74) is 2.22. The molecule has 0 fully saturated rings. The first-order chi connectivity index (χ1) is 11.0. The van der Waals surface area contributed by atoms with E-state index in [1.807, 2.05) is 43.3 Å². The largest absolute Gasteiger partial charge is 0.378 e. The third-order valence-electron chi connectivity index (χ3n) is 3.26. The lowest BCUT2D eigenvalue weighted by molar-refractivity contribution is -0.110. The maximum absolute atomic E-state index is 13.6. The Kier molecular flexibility index (Phi) is 5.72. The number of allylic oxidation sites excluding steroid dienone is 2. The van der Waals surface area contributed by atoms with E-state index in [2.05, 4.69) is 0 Å². The van der Waals surface area contributed by atoms with Crippen LogP contribution in [0.5, 0.6) is 0 Å². The highest BCUT2D eigenvalue weighted by atomic mass is 35.5. The normalized spacial score (nSPS) is 11.3. The topological polar surface area (TPSA) is 20.3 Å². The number of anilines is 1. The van der Waals surface area contributed by atoms with E-state index in [-0.39, 0.29) is 16.4 Å². The van der Waals surface area contributed by atoms with Crippen LogP contribution in [0.15, 0.2) is 54.6 Å². The van der Waals surface area contributed by atoms with Gasteiger partial charge in [0.05, 0.1) is 5.02 Å². The molecule has 0 spiro atoms. The number of ketones is 1. The molecule has 0 heterocycles. The van der Waals surface area contributed by atoms with Crippen LogP contribution in [0.3, 0.4) is 0 Å². The molecule has 0 aliphatic rings. The summed E-state index contributed by atoms with van der Waals surface area (Å²) in [5, 5.41) is 0.275. The van der Waals surface area contributed by atoms with Crippen molar-refractivity contribution >= 4 is 35.2 Å². The van der Waals surface area contributed by atoms with Crippen LogP contribution < -0.4 is 4.90 Å². The van der Waals surface area contributed by atoms with E-state index in [9.17, 15) is 9.18 Å². The highest BCUT2D eigenvalue weighted by Crippen LogP contribution is 2.20. The molecule has 0 saturated carbocycles. The summed E-state index contributed by atoms with van der Waals surface area (Å²) in [5.74, 6) is -0.689. The van der Waals surface area contributed by atoms with E-state index < -0.39 is 5.82 Å². The van der Waals surface area contributed by atoms with E-state index in [1.54, 1.807) is 12.1 Å². The number of hydrogen-bond donors (Lipinski definition) is 0. The van der Waals surface area contributed by atoms with Gasteiger partial charge >= 0.3 is 0 Å². The quantitative estimate of drug-likeness (QED) is 0.731. The molecule has 0 aliphatic carbocycles. The minimum Gasteiger partial charge on any atom is -0.378 e. The van der Waals surface area contributed by atoms with Crippen molar-refractivity contribution < 1.29 is 9.18 Å². The van der Waals surface area contributed by atoms with Gasteiger partial charge in [-0.3, -0.25) is 4.79 Å². The van der Waals surface area contributed by atoms with Gasteiger partial charge in [0.2, 0.25) is 0 Å². The average molecular weight is 330 g/mol. The molecule has 0 aromatic heterocycles. The Morgan fingerprint density at radius 3 is 2.30 bits per heavy atom. The van der Waals surface area contributed by atoms with E-state index in [1.165, 1.54) is 30.4 Å². The second kappa shape index (κ2) is 7.75. The molecule has 0 amide bonds. The second-order valence-electron chi connectivity index (χ2n) is 5.19. The molecule has 0 radical (unpaired) electrons. The smallest absolute Gasteiger partial charge is 0.178 e. The van der Waals surface area contributed by atoms with Crippen LogP contribution in [0.4, 0.5) is 10.1 Å². The van der Waals surface area contributed by atoms with Crippen LogP contribution in [0.2, 0.25) is 5.02 Å². The molecular weight excluding hydrogens is 313 g/mol. The molecule has 2 aromatic carbocycles. The maximum atomic E-state index is 13.6. The first kappa shape index (κ1) is 17.0. The molecule has 23 heavy (non-hydrogen) atoms. The fourth-order valence-corrected chi connectivity index (χ4v) is 2.18. The van der Waals surface area contributed by atoms with Gasteiger partial charge in [0.25, 0.3) is 0 Å². The zero-order valence-electron chi connectivity index (χ0n) is 13.0. The Hall–Kier alpha value is -2.39. The summed E-state index contributed by atoms with van der Waals surface area (Å²) in [7, 11) is 3.93. The number of carbonyl (C=O) groups excluding carboxylic acids is 1. The lowest BCUT2D eigenvalue weighted by atomic mass is 10.1. The summed E-state index contributed by atoms with van der Waals surface area (Å²) in [4.78, 5) is 13.8. The van der Waals surface area contributed by atoms with Crippen molar-refractivity contribution in [2.24, 2.45) is 0 Å². The molecule has 0 unspecified atom stereocenters. The Morgan fingerprint density at radius 1 is 1.04 bits per heavy atom. The number of carbonyl (C=O) groups is 1. The van der Waals surface area contributed by atoms with Crippen molar-refractivity contribution in [2.75, 3.05) is 19.0 Å². The Morgan fingerprint density at radius 2 is 1.70 bits per heavy atom. The molecule has 0 N–H and O–H groups in total. The molecule has 2 rings (SSSR count). The summed E-state index contributed by atoms with van der Waals surface area (Å²) >= 11 is 5.90. The van der Waals surface area contributed by atoms with E-state index in [0.29, 0.717) is 0 Å². The number of hydrogen-bond acceptors (Lipinski definition) is 2. The standard InChI is InChI=1S/C19H17ClFNO/c1-22(2)15-9-6-14(7-10-15)8-11-16(23)12-13-17-18(20)4-3-5-19(17)21/h3-13H,1-2H3/b11-8+,13-12+. The fourth-order valence-electron chi connectivity index (χ4n) is 1.95. The zero-order valence-corrected chi connectivity index (χ0v) is 13.7. The van der Waals surface area contributed by atoms with Crippen LogP contribution in [-0.4, -0.2) is 19.9 Å². The molecule has 0 aliphatic heterocycles. The zero-order chi connectivity index (χ0) is 16.8. The SMILES string of the molecule is CN(C)c1ccc(/C=C/C(=O)/C=C/c2c(F)cccc2Cl)cc1. The summed E-state index contributed by atoms with van der Waals surface area (Å²) in [6, 6.07) is 12.2. The van der Waals surface area contributed by atoms with Crippen molar-refractivity contribution in [1.82, 2.24) is 0 Å². The minimum absolute atomic E-state index is 0.214. The Balaban J connectivity index is 2.05. The summed E-state index contributed by atoms with van der Waals surface area (Å²) < 4.78 is 13.6. The average Bonchev–Trinajstić information content (AvgIpc) is 2.53. The number of halogens is 2. The van der Waals surface area contributed by atoms with E-state index >= 15 is 0 Å². The number of benzene rings is 2. The van der Waals surface area contributed by atoms with Crippen LogP contribution in [0.25, 0.3) is 12.2 Å². The van der Waals surface area contributed by atoms with Gasteiger partial charge < -0.3 is 4.90 Å². The van der Waals surface area contributed by atoms with Crippen LogP contribution in [0, 0.1) is 5.82 Å². The van der Waals surface area contributed by atoms with Gasteiger partial charge in [0, 0.05) is 25.3 Å². The van der Waals surface area contributed by atoms with Crippen molar-refractivity contribution in [3.05, 3.63) is 76.6 Å². The predicted octanol–water partition coefficient (Wildman–Crippen LogP) is 4.84. The first-order valence-electron chi connectivity index (χ1n) is 7.09. The molecule has 2 nitrogen and oxygen atoms in total. The van der Waals surface area contributed by atoms with Gasteiger partial charge in [0.1, 0.15) is 5.82 Å². The lowest BCUT2D eigenvalue weighted by Gasteiger charge is -2.11. The molecule has 0 atom stereocenters. The van der Waals surface area contributed by atoms with Crippen LogP contribution in [0.1, 0.15) is 11.1 Å². The third-order valence-corrected chi connectivity index (χ3v) is 3.59. The van der Waals surface area contributed by atoms with Gasteiger partial charge in [-0.15, -0.1) is 0 Å². The van der Waals surface area contributed by atoms with Crippen molar-refractivity contribution in [3.63, 3.8) is 0 Å². The first-order valence-corrected chi connectivity index (χ1v) is 7.46. The lowest BCUT2D eigenvalue weighted by Crippen LogP contribution is -2.07. The number of nitrogens with zero attached hydrogens (tertiary/aromatic N) is 1. The van der Waals surface area contributed by atoms with E-state index in [4.69, 9.17) is 11.6 Å². The third kappa shape index (κ3) is 4.80.